The fourth-order valence-electron chi connectivity index (χ4n) is 1.80. The van der Waals surface area contributed by atoms with Crippen molar-refractivity contribution < 1.29 is 4.79 Å². The van der Waals surface area contributed by atoms with Gasteiger partial charge in [0.05, 0.1) is 0 Å². The number of rotatable bonds is 4. The van der Waals surface area contributed by atoms with Crippen LogP contribution in [0.5, 0.6) is 0 Å². The van der Waals surface area contributed by atoms with Crippen LogP contribution in [0, 0.1) is 0 Å². The third-order valence-electron chi connectivity index (χ3n) is 2.83. The molecule has 0 saturated carbocycles. The Kier molecular flexibility index (Phi) is 3.81. The Bertz CT molecular complexity index is 565. The summed E-state index contributed by atoms with van der Waals surface area (Å²) in [4.78, 5) is 15.5. The zero-order chi connectivity index (χ0) is 13.1. The molecular formula is C13H14BrN3O. The number of amides is 1. The van der Waals surface area contributed by atoms with Crippen LogP contribution >= 0.6 is 15.9 Å². The molecule has 0 fully saturated rings. The SMILES string of the molecule is CC(C(N)=O)n1ccnc1Cc1cccc(Br)c1. The van der Waals surface area contributed by atoms with Gasteiger partial charge in [-0.25, -0.2) is 4.98 Å². The Labute approximate surface area is 114 Å². The van der Waals surface area contributed by atoms with Crippen molar-refractivity contribution in [2.24, 2.45) is 5.73 Å². The number of primary amides is 1. The second-order valence-electron chi connectivity index (χ2n) is 4.14. The van der Waals surface area contributed by atoms with Crippen molar-refractivity contribution in [3.05, 3.63) is 52.5 Å². The monoisotopic (exact) mass is 307 g/mol. The lowest BCUT2D eigenvalue weighted by molar-refractivity contribution is -0.120. The lowest BCUT2D eigenvalue weighted by Gasteiger charge is -2.13. The molecule has 1 aromatic carbocycles. The number of hydrogen-bond donors (Lipinski definition) is 1. The summed E-state index contributed by atoms with van der Waals surface area (Å²) < 4.78 is 2.84. The molecule has 2 rings (SSSR count). The summed E-state index contributed by atoms with van der Waals surface area (Å²) in [5, 5.41) is 0. The van der Waals surface area contributed by atoms with Gasteiger partial charge in [0, 0.05) is 23.3 Å². The quantitative estimate of drug-likeness (QED) is 0.942. The van der Waals surface area contributed by atoms with Crippen molar-refractivity contribution in [3.8, 4) is 0 Å². The Balaban J connectivity index is 2.25. The molecule has 1 atom stereocenters. The van der Waals surface area contributed by atoms with E-state index < -0.39 is 0 Å². The number of carbonyl (C=O) groups is 1. The molecule has 1 heterocycles. The maximum atomic E-state index is 11.2. The lowest BCUT2D eigenvalue weighted by atomic mass is 10.1. The highest BCUT2D eigenvalue weighted by molar-refractivity contribution is 9.10. The predicted octanol–water partition coefficient (Wildman–Crippen LogP) is 2.28. The molecule has 0 aliphatic carbocycles. The van der Waals surface area contributed by atoms with Gasteiger partial charge in [-0.3, -0.25) is 4.79 Å². The molecule has 1 amide bonds. The molecule has 2 aromatic rings. The first-order valence-electron chi connectivity index (χ1n) is 5.63. The standard InChI is InChI=1S/C13H14BrN3O/c1-9(13(15)18)17-6-5-16-12(17)8-10-3-2-4-11(14)7-10/h2-7,9H,8H2,1H3,(H2,15,18). The molecule has 94 valence electrons. The molecule has 5 heteroatoms. The molecule has 0 spiro atoms. The van der Waals surface area contributed by atoms with Crippen molar-refractivity contribution in [2.45, 2.75) is 19.4 Å². The summed E-state index contributed by atoms with van der Waals surface area (Å²) in [7, 11) is 0. The van der Waals surface area contributed by atoms with E-state index in [2.05, 4.69) is 20.9 Å². The van der Waals surface area contributed by atoms with Crippen LogP contribution in [-0.4, -0.2) is 15.5 Å². The highest BCUT2D eigenvalue weighted by Gasteiger charge is 2.14. The van der Waals surface area contributed by atoms with E-state index in [1.54, 1.807) is 19.3 Å². The van der Waals surface area contributed by atoms with Gasteiger partial charge < -0.3 is 10.3 Å². The molecule has 1 aromatic heterocycles. The molecule has 0 bridgehead atoms. The molecule has 0 aliphatic heterocycles. The Morgan fingerprint density at radius 2 is 2.33 bits per heavy atom. The second-order valence-corrected chi connectivity index (χ2v) is 5.05. The number of aromatic nitrogens is 2. The summed E-state index contributed by atoms with van der Waals surface area (Å²) in [5.41, 5.74) is 6.45. The van der Waals surface area contributed by atoms with Gasteiger partial charge in [-0.05, 0) is 24.6 Å². The minimum Gasteiger partial charge on any atom is -0.368 e. The van der Waals surface area contributed by atoms with E-state index >= 15 is 0 Å². The van der Waals surface area contributed by atoms with E-state index in [4.69, 9.17) is 5.73 Å². The van der Waals surface area contributed by atoms with Crippen LogP contribution in [0.1, 0.15) is 24.4 Å². The first kappa shape index (κ1) is 12.8. The van der Waals surface area contributed by atoms with E-state index in [1.807, 2.05) is 28.8 Å². The maximum absolute atomic E-state index is 11.2. The number of imidazole rings is 1. The molecule has 0 saturated heterocycles. The smallest absolute Gasteiger partial charge is 0.240 e. The predicted molar refractivity (Wildman–Crippen MR) is 73.1 cm³/mol. The fraction of sp³-hybridized carbons (Fsp3) is 0.231. The number of hydrogen-bond acceptors (Lipinski definition) is 2. The van der Waals surface area contributed by atoms with Crippen LogP contribution in [-0.2, 0) is 11.2 Å². The van der Waals surface area contributed by atoms with E-state index in [0.717, 1.165) is 15.9 Å². The molecule has 1 unspecified atom stereocenters. The number of halogens is 1. The number of benzene rings is 1. The zero-order valence-corrected chi connectivity index (χ0v) is 11.6. The summed E-state index contributed by atoms with van der Waals surface area (Å²) >= 11 is 3.44. The molecule has 2 N–H and O–H groups in total. The maximum Gasteiger partial charge on any atom is 0.240 e. The van der Waals surface area contributed by atoms with Gasteiger partial charge in [-0.1, -0.05) is 28.1 Å². The lowest BCUT2D eigenvalue weighted by Crippen LogP contribution is -2.25. The first-order chi connectivity index (χ1) is 8.58. The van der Waals surface area contributed by atoms with Crippen molar-refractivity contribution in [1.82, 2.24) is 9.55 Å². The van der Waals surface area contributed by atoms with Crippen molar-refractivity contribution >= 4 is 21.8 Å². The largest absolute Gasteiger partial charge is 0.368 e. The summed E-state index contributed by atoms with van der Waals surface area (Å²) in [6.45, 7) is 1.77. The van der Waals surface area contributed by atoms with Crippen LogP contribution in [0.2, 0.25) is 0 Å². The number of nitrogens with two attached hydrogens (primary N) is 1. The van der Waals surface area contributed by atoms with Crippen molar-refractivity contribution in [3.63, 3.8) is 0 Å². The van der Waals surface area contributed by atoms with Gasteiger partial charge in [0.15, 0.2) is 0 Å². The second kappa shape index (κ2) is 5.35. The average molecular weight is 308 g/mol. The van der Waals surface area contributed by atoms with Crippen LogP contribution in [0.25, 0.3) is 0 Å². The normalized spacial score (nSPS) is 12.3. The number of carbonyl (C=O) groups excluding carboxylic acids is 1. The zero-order valence-electron chi connectivity index (χ0n) is 10.0. The van der Waals surface area contributed by atoms with Crippen molar-refractivity contribution in [1.29, 1.82) is 0 Å². The Morgan fingerprint density at radius 3 is 3.00 bits per heavy atom. The highest BCUT2D eigenvalue weighted by atomic mass is 79.9. The van der Waals surface area contributed by atoms with Crippen LogP contribution in [0.3, 0.4) is 0 Å². The first-order valence-corrected chi connectivity index (χ1v) is 6.42. The minimum absolute atomic E-state index is 0.358. The Hall–Kier alpha value is -1.62. The third kappa shape index (κ3) is 2.79. The summed E-state index contributed by atoms with van der Waals surface area (Å²) in [6.07, 6.45) is 4.14. The van der Waals surface area contributed by atoms with E-state index in [-0.39, 0.29) is 11.9 Å². The minimum atomic E-state index is -0.380. The molecule has 0 aliphatic rings. The van der Waals surface area contributed by atoms with Crippen LogP contribution < -0.4 is 5.73 Å². The van der Waals surface area contributed by atoms with E-state index in [0.29, 0.717) is 6.42 Å². The van der Waals surface area contributed by atoms with Gasteiger partial charge in [0.1, 0.15) is 11.9 Å². The molecule has 18 heavy (non-hydrogen) atoms. The third-order valence-corrected chi connectivity index (χ3v) is 3.32. The molecule has 0 radical (unpaired) electrons. The van der Waals surface area contributed by atoms with E-state index in [1.165, 1.54) is 0 Å². The van der Waals surface area contributed by atoms with Gasteiger partial charge in [0.2, 0.25) is 5.91 Å². The van der Waals surface area contributed by atoms with E-state index in [9.17, 15) is 4.79 Å². The van der Waals surface area contributed by atoms with Crippen LogP contribution in [0.15, 0.2) is 41.1 Å². The highest BCUT2D eigenvalue weighted by Crippen LogP contribution is 2.16. The van der Waals surface area contributed by atoms with Crippen molar-refractivity contribution in [2.75, 3.05) is 0 Å². The van der Waals surface area contributed by atoms with Gasteiger partial charge >= 0.3 is 0 Å². The topological polar surface area (TPSA) is 60.9 Å². The molecule has 4 nitrogen and oxygen atoms in total. The molecular weight excluding hydrogens is 294 g/mol. The van der Waals surface area contributed by atoms with Gasteiger partial charge in [-0.2, -0.15) is 0 Å². The number of nitrogens with zero attached hydrogens (tertiary/aromatic N) is 2. The summed E-state index contributed by atoms with van der Waals surface area (Å²) in [5.74, 6) is 0.475. The van der Waals surface area contributed by atoms with Crippen LogP contribution in [0.4, 0.5) is 0 Å². The van der Waals surface area contributed by atoms with Gasteiger partial charge in [-0.15, -0.1) is 0 Å². The summed E-state index contributed by atoms with van der Waals surface area (Å²) in [6, 6.07) is 7.63. The average Bonchev–Trinajstić information content (AvgIpc) is 2.76. The Morgan fingerprint density at radius 1 is 1.56 bits per heavy atom. The fourth-order valence-corrected chi connectivity index (χ4v) is 2.25. The van der Waals surface area contributed by atoms with Gasteiger partial charge in [0.25, 0.3) is 0 Å².